The third-order valence-electron chi connectivity index (χ3n) is 1.33. The first kappa shape index (κ1) is 9.55. The molecule has 12 heavy (non-hydrogen) atoms. The molecule has 1 rings (SSSR count). The molecule has 0 bridgehead atoms. The maximum Gasteiger partial charge on any atom is 0.123 e. The van der Waals surface area contributed by atoms with Crippen LogP contribution < -0.4 is 5.73 Å². The Morgan fingerprint density at radius 2 is 2.00 bits per heavy atom. The minimum absolute atomic E-state index is 0.181. The fourth-order valence-electron chi connectivity index (χ4n) is 0.758. The molecule has 0 aliphatic carbocycles. The lowest BCUT2D eigenvalue weighted by Gasteiger charge is -2.03. The number of hydrogen-bond acceptors (Lipinski definition) is 2. The highest BCUT2D eigenvalue weighted by Crippen LogP contribution is 2.18. The maximum absolute atomic E-state index is 12.5. The number of hydrogen-bond donors (Lipinski definition) is 1. The minimum Gasteiger partial charge on any atom is -0.327 e. The molecule has 0 fully saturated rings. The van der Waals surface area contributed by atoms with Crippen molar-refractivity contribution in [1.29, 1.82) is 0 Å². The van der Waals surface area contributed by atoms with Crippen molar-refractivity contribution >= 4 is 11.8 Å². The Morgan fingerprint density at radius 3 is 2.50 bits per heavy atom. The van der Waals surface area contributed by atoms with Gasteiger partial charge < -0.3 is 5.73 Å². The van der Waals surface area contributed by atoms with Crippen molar-refractivity contribution in [2.45, 2.75) is 17.9 Å². The van der Waals surface area contributed by atoms with Crippen LogP contribution in [0.25, 0.3) is 0 Å². The summed E-state index contributed by atoms with van der Waals surface area (Å²) in [6.07, 6.45) is 0. The summed E-state index contributed by atoms with van der Waals surface area (Å²) in [6.45, 7) is 1.95. The molecule has 0 saturated heterocycles. The highest BCUT2D eigenvalue weighted by Gasteiger charge is 1.97. The van der Waals surface area contributed by atoms with E-state index in [1.54, 1.807) is 23.9 Å². The summed E-state index contributed by atoms with van der Waals surface area (Å²) in [7, 11) is 0. The largest absolute Gasteiger partial charge is 0.327 e. The van der Waals surface area contributed by atoms with Gasteiger partial charge in [0.05, 0.1) is 0 Å². The van der Waals surface area contributed by atoms with E-state index in [0.717, 1.165) is 10.6 Å². The molecule has 2 N–H and O–H groups in total. The molecule has 0 aliphatic heterocycles. The summed E-state index contributed by atoms with van der Waals surface area (Å²) in [6, 6.07) is 6.64. The summed E-state index contributed by atoms with van der Waals surface area (Å²) in [5.74, 6) is 0.672. The van der Waals surface area contributed by atoms with E-state index in [1.807, 2.05) is 6.92 Å². The van der Waals surface area contributed by atoms with E-state index in [-0.39, 0.29) is 11.9 Å². The second kappa shape index (κ2) is 4.48. The van der Waals surface area contributed by atoms with Crippen molar-refractivity contribution in [1.82, 2.24) is 0 Å². The van der Waals surface area contributed by atoms with Crippen molar-refractivity contribution in [3.63, 3.8) is 0 Å². The Labute approximate surface area is 76.2 Å². The van der Waals surface area contributed by atoms with Crippen LogP contribution in [-0.2, 0) is 0 Å². The highest BCUT2D eigenvalue weighted by atomic mass is 32.2. The van der Waals surface area contributed by atoms with E-state index >= 15 is 0 Å². The van der Waals surface area contributed by atoms with Crippen LogP contribution in [0.15, 0.2) is 29.2 Å². The molecule has 1 atom stereocenters. The molecular formula is C9H12FNS. The molecule has 0 amide bonds. The standard InChI is InChI=1S/C9H12FNS/c1-7(11)6-12-9-4-2-8(10)3-5-9/h2-5,7H,6,11H2,1H3/t7-/m0/s1. The number of thioether (sulfide) groups is 1. The smallest absolute Gasteiger partial charge is 0.123 e. The van der Waals surface area contributed by atoms with Crippen molar-refractivity contribution < 1.29 is 4.39 Å². The molecule has 0 unspecified atom stereocenters. The predicted molar refractivity (Wildman–Crippen MR) is 50.8 cm³/mol. The first-order chi connectivity index (χ1) is 5.68. The van der Waals surface area contributed by atoms with Gasteiger partial charge in [0.15, 0.2) is 0 Å². The Morgan fingerprint density at radius 1 is 1.42 bits per heavy atom. The second-order valence-corrected chi connectivity index (χ2v) is 3.84. The fraction of sp³-hybridized carbons (Fsp3) is 0.333. The Kier molecular flexibility index (Phi) is 3.56. The van der Waals surface area contributed by atoms with Crippen LogP contribution in [0.1, 0.15) is 6.92 Å². The van der Waals surface area contributed by atoms with Crippen LogP contribution in [0, 0.1) is 5.82 Å². The van der Waals surface area contributed by atoms with Gasteiger partial charge >= 0.3 is 0 Å². The first-order valence-corrected chi connectivity index (χ1v) is 4.81. The highest BCUT2D eigenvalue weighted by molar-refractivity contribution is 7.99. The van der Waals surface area contributed by atoms with Gasteiger partial charge in [0, 0.05) is 16.7 Å². The normalized spacial score (nSPS) is 12.9. The monoisotopic (exact) mass is 185 g/mol. The number of benzene rings is 1. The Bertz CT molecular complexity index is 233. The Balaban J connectivity index is 2.48. The van der Waals surface area contributed by atoms with Crippen LogP contribution in [0.4, 0.5) is 4.39 Å². The van der Waals surface area contributed by atoms with Crippen LogP contribution in [-0.4, -0.2) is 11.8 Å². The van der Waals surface area contributed by atoms with Gasteiger partial charge in [0.25, 0.3) is 0 Å². The van der Waals surface area contributed by atoms with E-state index in [9.17, 15) is 4.39 Å². The first-order valence-electron chi connectivity index (χ1n) is 3.82. The lowest BCUT2D eigenvalue weighted by molar-refractivity contribution is 0.626. The van der Waals surface area contributed by atoms with Crippen molar-refractivity contribution in [2.24, 2.45) is 5.73 Å². The minimum atomic E-state index is -0.194. The summed E-state index contributed by atoms with van der Waals surface area (Å²) in [5, 5.41) is 0. The lowest BCUT2D eigenvalue weighted by atomic mass is 10.4. The van der Waals surface area contributed by atoms with Crippen LogP contribution >= 0.6 is 11.8 Å². The topological polar surface area (TPSA) is 26.0 Å². The lowest BCUT2D eigenvalue weighted by Crippen LogP contribution is -2.17. The summed E-state index contributed by atoms with van der Waals surface area (Å²) < 4.78 is 12.5. The third kappa shape index (κ3) is 3.24. The molecule has 1 aromatic carbocycles. The van der Waals surface area contributed by atoms with Gasteiger partial charge in [-0.2, -0.15) is 0 Å². The van der Waals surface area contributed by atoms with Gasteiger partial charge in [-0.1, -0.05) is 0 Å². The second-order valence-electron chi connectivity index (χ2n) is 2.74. The number of halogens is 1. The number of nitrogens with two attached hydrogens (primary N) is 1. The molecule has 0 aromatic heterocycles. The molecule has 0 aliphatic rings. The molecule has 0 spiro atoms. The van der Waals surface area contributed by atoms with Gasteiger partial charge in [-0.25, -0.2) is 4.39 Å². The molecule has 0 heterocycles. The van der Waals surface area contributed by atoms with Gasteiger partial charge in [-0.3, -0.25) is 0 Å². The van der Waals surface area contributed by atoms with Crippen molar-refractivity contribution in [3.05, 3.63) is 30.1 Å². The maximum atomic E-state index is 12.5. The fourth-order valence-corrected chi connectivity index (χ4v) is 1.54. The van der Waals surface area contributed by atoms with Gasteiger partial charge in [0.1, 0.15) is 5.82 Å². The van der Waals surface area contributed by atoms with Crippen molar-refractivity contribution in [2.75, 3.05) is 5.75 Å². The van der Waals surface area contributed by atoms with Gasteiger partial charge in [0.2, 0.25) is 0 Å². The molecule has 3 heteroatoms. The van der Waals surface area contributed by atoms with Gasteiger partial charge in [-0.15, -0.1) is 11.8 Å². The molecule has 0 radical (unpaired) electrons. The molecular weight excluding hydrogens is 173 g/mol. The average molecular weight is 185 g/mol. The Hall–Kier alpha value is -0.540. The van der Waals surface area contributed by atoms with E-state index in [1.165, 1.54) is 12.1 Å². The zero-order chi connectivity index (χ0) is 8.97. The average Bonchev–Trinajstić information content (AvgIpc) is 2.03. The zero-order valence-electron chi connectivity index (χ0n) is 6.96. The molecule has 1 aromatic rings. The summed E-state index contributed by atoms with van der Waals surface area (Å²) in [5.41, 5.74) is 5.58. The van der Waals surface area contributed by atoms with Crippen LogP contribution in [0.5, 0.6) is 0 Å². The van der Waals surface area contributed by atoms with E-state index in [4.69, 9.17) is 5.73 Å². The third-order valence-corrected chi connectivity index (χ3v) is 2.62. The SMILES string of the molecule is C[C@H](N)CSc1ccc(F)cc1. The number of rotatable bonds is 3. The van der Waals surface area contributed by atoms with Crippen LogP contribution in [0.3, 0.4) is 0 Å². The van der Waals surface area contributed by atoms with Crippen LogP contribution in [0.2, 0.25) is 0 Å². The zero-order valence-corrected chi connectivity index (χ0v) is 7.77. The predicted octanol–water partition coefficient (Wildman–Crippen LogP) is 2.27. The van der Waals surface area contributed by atoms with E-state index < -0.39 is 0 Å². The molecule has 1 nitrogen and oxygen atoms in total. The summed E-state index contributed by atoms with van der Waals surface area (Å²) in [4.78, 5) is 1.06. The van der Waals surface area contributed by atoms with Gasteiger partial charge in [-0.05, 0) is 31.2 Å². The quantitative estimate of drug-likeness (QED) is 0.731. The van der Waals surface area contributed by atoms with Crippen molar-refractivity contribution in [3.8, 4) is 0 Å². The van der Waals surface area contributed by atoms with E-state index in [2.05, 4.69) is 0 Å². The summed E-state index contributed by atoms with van der Waals surface area (Å²) >= 11 is 1.65. The van der Waals surface area contributed by atoms with E-state index in [0.29, 0.717) is 0 Å². The molecule has 0 saturated carbocycles. The molecule has 66 valence electrons.